The van der Waals surface area contributed by atoms with Crippen molar-refractivity contribution in [2.75, 3.05) is 7.11 Å². The average molecular weight is 271 g/mol. The van der Waals surface area contributed by atoms with E-state index in [1.54, 1.807) is 18.9 Å². The maximum atomic E-state index is 5.20. The van der Waals surface area contributed by atoms with Crippen LogP contribution in [0.25, 0.3) is 0 Å². The van der Waals surface area contributed by atoms with Gasteiger partial charge in [-0.25, -0.2) is 0 Å². The maximum absolute atomic E-state index is 5.20. The van der Waals surface area contributed by atoms with Crippen LogP contribution >= 0.6 is 24.4 Å². The minimum absolute atomic E-state index is 0. The van der Waals surface area contributed by atoms with E-state index in [0.717, 1.165) is 15.5 Å². The van der Waals surface area contributed by atoms with Crippen LogP contribution < -0.4 is 4.74 Å². The third kappa shape index (κ3) is 4.27. The molecule has 17 heavy (non-hydrogen) atoms. The van der Waals surface area contributed by atoms with E-state index >= 15 is 0 Å². The van der Waals surface area contributed by atoms with Crippen molar-refractivity contribution in [1.29, 1.82) is 0 Å². The molecule has 0 aliphatic rings. The molecule has 2 aromatic rings. The summed E-state index contributed by atoms with van der Waals surface area (Å²) < 4.78 is 5.20. The van der Waals surface area contributed by atoms with E-state index in [1.807, 2.05) is 36.4 Å². The Morgan fingerprint density at radius 2 is 1.76 bits per heavy atom. The molecule has 2 aromatic carbocycles. The Balaban J connectivity index is 0.00000144. The fourth-order valence-corrected chi connectivity index (χ4v) is 2.49. The van der Waals surface area contributed by atoms with Gasteiger partial charge in [-0.15, -0.1) is 12.6 Å². The van der Waals surface area contributed by atoms with Crippen LogP contribution in [0.3, 0.4) is 0 Å². The number of rotatable bonds is 3. The second kappa shape index (κ2) is 7.39. The molecule has 0 atom stereocenters. The fraction of sp³-hybridized carbons (Fsp3) is 0.0769. The van der Waals surface area contributed by atoms with Crippen LogP contribution in [0, 0.1) is 0 Å². The molecule has 2 rings (SSSR count). The summed E-state index contributed by atoms with van der Waals surface area (Å²) >= 11 is 6.13. The summed E-state index contributed by atoms with van der Waals surface area (Å²) in [7, 11) is 1.67. The molecule has 0 aromatic heterocycles. The molecule has 0 heterocycles. The van der Waals surface area contributed by atoms with Gasteiger partial charge in [0.15, 0.2) is 0 Å². The van der Waals surface area contributed by atoms with Crippen LogP contribution in [0.15, 0.2) is 63.2 Å². The topological polar surface area (TPSA) is 9.23 Å². The van der Waals surface area contributed by atoms with Crippen molar-refractivity contribution in [3.05, 3.63) is 48.5 Å². The molecule has 4 heteroatoms. The maximum Gasteiger partial charge on any atom is 0.120 e. The van der Waals surface area contributed by atoms with Crippen LogP contribution in [-0.2, 0) is 0 Å². The van der Waals surface area contributed by atoms with Gasteiger partial charge in [0.25, 0.3) is 0 Å². The van der Waals surface area contributed by atoms with Crippen LogP contribution in [0.1, 0.15) is 0 Å². The number of thiol groups is 1. The molecule has 0 N–H and O–H groups in total. The van der Waals surface area contributed by atoms with E-state index in [1.165, 1.54) is 4.90 Å². The molecule has 0 spiro atoms. The molecule has 1 nitrogen and oxygen atoms in total. The van der Waals surface area contributed by atoms with Crippen LogP contribution in [0.2, 0.25) is 0 Å². The van der Waals surface area contributed by atoms with Crippen molar-refractivity contribution in [3.63, 3.8) is 0 Å². The van der Waals surface area contributed by atoms with Gasteiger partial charge in [-0.05, 0) is 30.3 Å². The normalized spacial score (nSPS) is 9.53. The van der Waals surface area contributed by atoms with Crippen molar-refractivity contribution in [3.8, 4) is 5.75 Å². The van der Waals surface area contributed by atoms with Gasteiger partial charge in [0.1, 0.15) is 5.75 Å². The molecule has 0 bridgehead atoms. The summed E-state index contributed by atoms with van der Waals surface area (Å²) in [5.41, 5.74) is 0. The molecule has 1 radical (unpaired) electrons. The molecule has 0 aliphatic carbocycles. The smallest absolute Gasteiger partial charge is 0.120 e. The summed E-state index contributed by atoms with van der Waals surface area (Å²) in [5, 5.41) is 0. The fourth-order valence-electron chi connectivity index (χ4n) is 1.32. The first-order valence-corrected chi connectivity index (χ1v) is 6.16. The van der Waals surface area contributed by atoms with Gasteiger partial charge in [-0.1, -0.05) is 30.0 Å². The Morgan fingerprint density at radius 1 is 1.06 bits per heavy atom. The predicted molar refractivity (Wildman–Crippen MR) is 76.6 cm³/mol. The molecule has 83 valence electrons. The van der Waals surface area contributed by atoms with Gasteiger partial charge < -0.3 is 4.74 Å². The number of hydrogen-bond donors (Lipinski definition) is 1. The van der Waals surface area contributed by atoms with Crippen LogP contribution in [0.5, 0.6) is 5.75 Å². The summed E-state index contributed by atoms with van der Waals surface area (Å²) in [6.07, 6.45) is 0. The van der Waals surface area contributed by atoms with Gasteiger partial charge in [-0.2, -0.15) is 0 Å². The number of ether oxygens (including phenoxy) is 1. The summed E-state index contributed by atoms with van der Waals surface area (Å²) in [5.74, 6) is 0.858. The number of hydrogen-bond acceptors (Lipinski definition) is 3. The van der Waals surface area contributed by atoms with E-state index in [2.05, 4.69) is 24.8 Å². The van der Waals surface area contributed by atoms with E-state index in [0.29, 0.717) is 0 Å². The molecule has 0 fully saturated rings. The van der Waals surface area contributed by atoms with Crippen LogP contribution in [-0.4, -0.2) is 36.7 Å². The molecule has 0 aliphatic heterocycles. The number of methoxy groups -OCH3 is 1. The zero-order chi connectivity index (χ0) is 11.4. The minimum atomic E-state index is 0. The van der Waals surface area contributed by atoms with Crippen molar-refractivity contribution < 1.29 is 4.74 Å². The molecule has 0 saturated carbocycles. The van der Waals surface area contributed by atoms with Crippen LogP contribution in [0.4, 0.5) is 0 Å². The Bertz CT molecular complexity index is 474. The van der Waals surface area contributed by atoms with Gasteiger partial charge in [0.2, 0.25) is 0 Å². The second-order valence-electron chi connectivity index (χ2n) is 3.25. The van der Waals surface area contributed by atoms with Gasteiger partial charge >= 0.3 is 0 Å². The molecule has 0 amide bonds. The van der Waals surface area contributed by atoms with Crippen molar-refractivity contribution in [1.82, 2.24) is 0 Å². The van der Waals surface area contributed by atoms with Crippen molar-refractivity contribution >= 4 is 53.9 Å². The van der Waals surface area contributed by atoms with Gasteiger partial charge in [0, 0.05) is 44.2 Å². The van der Waals surface area contributed by atoms with Gasteiger partial charge in [-0.3, -0.25) is 0 Å². The van der Waals surface area contributed by atoms with Crippen molar-refractivity contribution in [2.24, 2.45) is 0 Å². The third-order valence-corrected chi connectivity index (χ3v) is 3.74. The largest absolute Gasteiger partial charge is 0.497 e. The summed E-state index contributed by atoms with van der Waals surface area (Å²) in [6, 6.07) is 16.1. The van der Waals surface area contributed by atoms with E-state index in [4.69, 9.17) is 4.74 Å². The number of benzene rings is 2. The summed E-state index contributed by atoms with van der Waals surface area (Å²) in [4.78, 5) is 3.27. The van der Waals surface area contributed by atoms with Gasteiger partial charge in [0.05, 0.1) is 7.11 Å². The Labute approximate surface area is 134 Å². The predicted octanol–water partition coefficient (Wildman–Crippen LogP) is 3.75. The first-order valence-electron chi connectivity index (χ1n) is 4.89. The van der Waals surface area contributed by atoms with Crippen molar-refractivity contribution in [2.45, 2.75) is 14.7 Å². The molecular formula is C13H12NaOS2. The zero-order valence-corrected chi connectivity index (χ0v) is 13.6. The Morgan fingerprint density at radius 3 is 2.41 bits per heavy atom. The molecular weight excluding hydrogens is 259 g/mol. The third-order valence-electron chi connectivity index (χ3n) is 2.14. The Hall–Kier alpha value is -0.0600. The SMILES string of the molecule is COc1ccc(S)c(Sc2ccccc2)c1.[Na]. The van der Waals surface area contributed by atoms with E-state index in [9.17, 15) is 0 Å². The summed E-state index contributed by atoms with van der Waals surface area (Å²) in [6.45, 7) is 0. The monoisotopic (exact) mass is 271 g/mol. The van der Waals surface area contributed by atoms with E-state index < -0.39 is 0 Å². The zero-order valence-electron chi connectivity index (χ0n) is 9.88. The molecule has 0 unspecified atom stereocenters. The first kappa shape index (κ1) is 15.0. The Kier molecular flexibility index (Phi) is 6.52. The molecule has 0 saturated heterocycles. The quantitative estimate of drug-likeness (QED) is 0.672. The van der Waals surface area contributed by atoms with E-state index in [-0.39, 0.29) is 29.6 Å². The first-order chi connectivity index (χ1) is 7.79. The second-order valence-corrected chi connectivity index (χ2v) is 4.85. The minimum Gasteiger partial charge on any atom is -0.497 e. The average Bonchev–Trinajstić information content (AvgIpc) is 2.33. The standard InChI is InChI=1S/C13H12OS2.Na/c1-14-10-7-8-12(15)13(9-10)16-11-5-3-2-4-6-11;/h2-9,15H,1H3;.